The molecule has 2 fully saturated rings. The Hall–Kier alpha value is -3.32. The minimum Gasteiger partial charge on any atom is -0.493 e. The molecule has 3 aliphatic rings. The van der Waals surface area contributed by atoms with E-state index in [9.17, 15) is 18.3 Å². The van der Waals surface area contributed by atoms with Gasteiger partial charge >= 0.3 is 5.97 Å². The lowest BCUT2D eigenvalue weighted by Crippen LogP contribution is -2.35. The van der Waals surface area contributed by atoms with Gasteiger partial charge in [0.15, 0.2) is 0 Å². The standard InChI is InChI=1S/C33H37NO5S/c1-33(13-15-40(37,38)16-14-33)21-39-27-11-12-28-25(18-27)4-2-3-23-6-5-22(17-29(23)28)20-34-26-9-7-24(8-10-26)30-19-31(30)32(35)36/h5-12,17-18,30-31,34H,2-4,13-16,19-21H2,1H3,(H,35,36)/t30?,31-/m0/s1. The van der Waals surface area contributed by atoms with Gasteiger partial charge in [0.2, 0.25) is 0 Å². The summed E-state index contributed by atoms with van der Waals surface area (Å²) in [6.45, 7) is 3.38. The van der Waals surface area contributed by atoms with E-state index in [2.05, 4.69) is 48.6 Å². The molecular formula is C33H37NO5S. The van der Waals surface area contributed by atoms with Crippen molar-refractivity contribution in [3.63, 3.8) is 0 Å². The molecule has 7 heteroatoms. The number of hydrogen-bond acceptors (Lipinski definition) is 5. The van der Waals surface area contributed by atoms with Gasteiger partial charge in [-0.3, -0.25) is 4.79 Å². The summed E-state index contributed by atoms with van der Waals surface area (Å²) in [6.07, 6.45) is 5.17. The molecule has 1 aliphatic heterocycles. The van der Waals surface area contributed by atoms with E-state index >= 15 is 0 Å². The van der Waals surface area contributed by atoms with Crippen molar-refractivity contribution in [1.29, 1.82) is 0 Å². The van der Waals surface area contributed by atoms with Crippen LogP contribution in [0.2, 0.25) is 0 Å². The zero-order valence-electron chi connectivity index (χ0n) is 23.0. The van der Waals surface area contributed by atoms with Crippen LogP contribution in [0.5, 0.6) is 5.75 Å². The van der Waals surface area contributed by atoms with Crippen LogP contribution in [-0.2, 0) is 34.0 Å². The maximum atomic E-state index is 11.8. The molecule has 3 aromatic rings. The Morgan fingerprint density at radius 3 is 2.45 bits per heavy atom. The third kappa shape index (κ3) is 5.90. The van der Waals surface area contributed by atoms with Gasteiger partial charge < -0.3 is 15.2 Å². The normalized spacial score (nSPS) is 22.3. The third-order valence-electron chi connectivity index (χ3n) is 9.00. The molecule has 2 aliphatic carbocycles. The fraction of sp³-hybridized carbons (Fsp3) is 0.424. The van der Waals surface area contributed by atoms with E-state index in [-0.39, 0.29) is 28.8 Å². The summed E-state index contributed by atoms with van der Waals surface area (Å²) in [6, 6.07) is 21.3. The van der Waals surface area contributed by atoms with Gasteiger partial charge in [0, 0.05) is 17.6 Å². The van der Waals surface area contributed by atoms with Crippen LogP contribution in [0.25, 0.3) is 11.1 Å². The number of ether oxygens (including phenoxy) is 1. The number of aryl methyl sites for hydroxylation is 2. The average Bonchev–Trinajstić information content (AvgIpc) is 3.77. The second kappa shape index (κ2) is 10.6. The Labute approximate surface area is 236 Å². The number of fused-ring (bicyclic) bond motifs is 3. The summed E-state index contributed by atoms with van der Waals surface area (Å²) >= 11 is 0. The molecule has 1 saturated heterocycles. The molecule has 1 unspecified atom stereocenters. The van der Waals surface area contributed by atoms with Crippen molar-refractivity contribution in [3.8, 4) is 16.9 Å². The topological polar surface area (TPSA) is 92.7 Å². The molecule has 0 amide bonds. The summed E-state index contributed by atoms with van der Waals surface area (Å²) in [5, 5.41) is 12.7. The van der Waals surface area contributed by atoms with Crippen LogP contribution >= 0.6 is 0 Å². The lowest BCUT2D eigenvalue weighted by Gasteiger charge is -2.33. The summed E-state index contributed by atoms with van der Waals surface area (Å²) in [7, 11) is -2.89. The number of carbonyl (C=O) groups is 1. The Morgan fingerprint density at radius 2 is 1.73 bits per heavy atom. The van der Waals surface area contributed by atoms with Crippen LogP contribution in [0.3, 0.4) is 0 Å². The van der Waals surface area contributed by atoms with Crippen LogP contribution in [-0.4, -0.2) is 37.6 Å². The second-order valence-corrected chi connectivity index (χ2v) is 14.5. The minimum absolute atomic E-state index is 0.105. The molecule has 2 atom stereocenters. The van der Waals surface area contributed by atoms with Gasteiger partial charge in [-0.15, -0.1) is 0 Å². The minimum atomic E-state index is -2.89. The highest BCUT2D eigenvalue weighted by molar-refractivity contribution is 7.91. The van der Waals surface area contributed by atoms with Gasteiger partial charge in [-0.25, -0.2) is 8.42 Å². The van der Waals surface area contributed by atoms with E-state index in [1.165, 1.54) is 27.8 Å². The van der Waals surface area contributed by atoms with E-state index < -0.39 is 15.8 Å². The van der Waals surface area contributed by atoms with Crippen molar-refractivity contribution < 1.29 is 23.1 Å². The quantitative estimate of drug-likeness (QED) is 0.340. The van der Waals surface area contributed by atoms with Gasteiger partial charge in [0.1, 0.15) is 15.6 Å². The first-order chi connectivity index (χ1) is 19.2. The van der Waals surface area contributed by atoms with Crippen molar-refractivity contribution in [3.05, 3.63) is 82.9 Å². The first kappa shape index (κ1) is 26.9. The SMILES string of the molecule is CC1(COc2ccc3c(c2)CCCc2ccc(CNc4ccc(C5C[C@@H]5C(=O)O)cc4)cc2-3)CCS(=O)(=O)CC1. The largest absolute Gasteiger partial charge is 0.493 e. The van der Waals surface area contributed by atoms with Crippen molar-refractivity contribution in [2.45, 2.75) is 57.9 Å². The summed E-state index contributed by atoms with van der Waals surface area (Å²) < 4.78 is 29.9. The molecule has 6 nitrogen and oxygen atoms in total. The van der Waals surface area contributed by atoms with Gasteiger partial charge in [-0.1, -0.05) is 37.3 Å². The van der Waals surface area contributed by atoms with Crippen molar-refractivity contribution in [2.75, 3.05) is 23.4 Å². The highest BCUT2D eigenvalue weighted by atomic mass is 32.2. The Morgan fingerprint density at radius 1 is 0.975 bits per heavy atom. The molecule has 40 heavy (non-hydrogen) atoms. The predicted octanol–water partition coefficient (Wildman–Crippen LogP) is 6.24. The first-order valence-electron chi connectivity index (χ1n) is 14.3. The number of carboxylic acids is 1. The van der Waals surface area contributed by atoms with Crippen molar-refractivity contribution in [1.82, 2.24) is 0 Å². The van der Waals surface area contributed by atoms with E-state index in [4.69, 9.17) is 4.74 Å². The molecular weight excluding hydrogens is 522 g/mol. The summed E-state index contributed by atoms with van der Waals surface area (Å²) in [5.41, 5.74) is 8.45. The van der Waals surface area contributed by atoms with Gasteiger partial charge in [0.05, 0.1) is 24.0 Å². The predicted molar refractivity (Wildman–Crippen MR) is 158 cm³/mol. The van der Waals surface area contributed by atoms with E-state index in [1.54, 1.807) is 0 Å². The number of nitrogens with one attached hydrogen (secondary N) is 1. The van der Waals surface area contributed by atoms with Gasteiger partial charge in [0.25, 0.3) is 0 Å². The van der Waals surface area contributed by atoms with E-state index in [0.717, 1.165) is 42.7 Å². The highest BCUT2D eigenvalue weighted by Gasteiger charge is 2.44. The average molecular weight is 560 g/mol. The lowest BCUT2D eigenvalue weighted by atomic mass is 9.85. The smallest absolute Gasteiger partial charge is 0.307 e. The Kier molecular flexibility index (Phi) is 7.11. The molecule has 0 bridgehead atoms. The fourth-order valence-electron chi connectivity index (χ4n) is 6.12. The maximum Gasteiger partial charge on any atom is 0.307 e. The van der Waals surface area contributed by atoms with Crippen LogP contribution in [0.4, 0.5) is 5.69 Å². The van der Waals surface area contributed by atoms with Crippen LogP contribution < -0.4 is 10.1 Å². The number of sulfone groups is 1. The number of hydrogen-bond donors (Lipinski definition) is 2. The first-order valence-corrected chi connectivity index (χ1v) is 16.2. The third-order valence-corrected chi connectivity index (χ3v) is 10.6. The molecule has 1 saturated carbocycles. The summed E-state index contributed by atoms with van der Waals surface area (Å²) in [5.74, 6) is 0.586. The monoisotopic (exact) mass is 559 g/mol. The number of anilines is 1. The fourth-order valence-corrected chi connectivity index (χ4v) is 7.93. The molecule has 0 aromatic heterocycles. The molecule has 1 heterocycles. The van der Waals surface area contributed by atoms with E-state index in [1.807, 2.05) is 24.3 Å². The van der Waals surface area contributed by atoms with Crippen LogP contribution in [0.1, 0.15) is 60.8 Å². The molecule has 0 spiro atoms. The molecule has 210 valence electrons. The molecule has 6 rings (SSSR count). The number of carboxylic acid groups (broad SMARTS) is 1. The lowest BCUT2D eigenvalue weighted by molar-refractivity contribution is -0.138. The van der Waals surface area contributed by atoms with E-state index in [0.29, 0.717) is 26.0 Å². The number of aliphatic carboxylic acids is 1. The molecule has 0 radical (unpaired) electrons. The van der Waals surface area contributed by atoms with Crippen molar-refractivity contribution in [2.24, 2.45) is 11.3 Å². The Balaban J connectivity index is 1.12. The Bertz CT molecular complexity index is 1510. The van der Waals surface area contributed by atoms with Crippen LogP contribution in [0, 0.1) is 11.3 Å². The highest BCUT2D eigenvalue weighted by Crippen LogP contribution is 2.47. The summed E-state index contributed by atoms with van der Waals surface area (Å²) in [4.78, 5) is 11.2. The second-order valence-electron chi connectivity index (χ2n) is 12.2. The van der Waals surface area contributed by atoms with Crippen LogP contribution in [0.15, 0.2) is 60.7 Å². The van der Waals surface area contributed by atoms with Gasteiger partial charge in [-0.05, 0) is 108 Å². The molecule has 2 N–H and O–H groups in total. The molecule has 3 aromatic carbocycles. The van der Waals surface area contributed by atoms with Gasteiger partial charge in [-0.2, -0.15) is 0 Å². The zero-order chi connectivity index (χ0) is 27.9. The zero-order valence-corrected chi connectivity index (χ0v) is 23.8. The number of rotatable bonds is 8. The number of benzene rings is 3. The maximum absolute atomic E-state index is 11.8. The van der Waals surface area contributed by atoms with Crippen molar-refractivity contribution >= 4 is 21.5 Å².